The Kier molecular flexibility index (Phi) is 5.67. The van der Waals surface area contributed by atoms with Crippen LogP contribution < -0.4 is 5.73 Å². The summed E-state index contributed by atoms with van der Waals surface area (Å²) in [4.78, 5) is 2.49. The van der Waals surface area contributed by atoms with E-state index in [2.05, 4.69) is 23.6 Å². The lowest BCUT2D eigenvalue weighted by atomic mass is 10.0. The third-order valence-corrected chi connectivity index (χ3v) is 5.08. The molecule has 1 aliphatic rings. The molecule has 2 N–H and O–H groups in total. The summed E-state index contributed by atoms with van der Waals surface area (Å²) in [7, 11) is 0. The Morgan fingerprint density at radius 3 is 3.11 bits per heavy atom. The predicted octanol–water partition coefficient (Wildman–Crippen LogP) is 3.04. The summed E-state index contributed by atoms with van der Waals surface area (Å²) >= 11 is 2.08. The first kappa shape index (κ1) is 14.8. The lowest BCUT2D eigenvalue weighted by Gasteiger charge is -2.32. The fourth-order valence-corrected chi connectivity index (χ4v) is 3.70. The topological polar surface area (TPSA) is 29.3 Å². The molecule has 1 aromatic rings. The van der Waals surface area contributed by atoms with E-state index in [9.17, 15) is 4.39 Å². The average Bonchev–Trinajstić information content (AvgIpc) is 2.45. The van der Waals surface area contributed by atoms with E-state index >= 15 is 0 Å². The Balaban J connectivity index is 1.81. The third-order valence-electron chi connectivity index (χ3n) is 3.71. The standard InChI is InChI=1S/C15H23FN2S/c1-2-14-11-18(8-9-19-14)7-6-15(17)12-4-3-5-13(16)10-12/h3-5,10,14-15H,2,6-9,11,17H2,1H3. The molecular weight excluding hydrogens is 259 g/mol. The molecule has 0 bridgehead atoms. The van der Waals surface area contributed by atoms with Crippen LogP contribution in [0.1, 0.15) is 31.4 Å². The second-order valence-electron chi connectivity index (χ2n) is 5.15. The van der Waals surface area contributed by atoms with E-state index in [0.29, 0.717) is 0 Å². The molecule has 0 amide bonds. The Morgan fingerprint density at radius 2 is 2.37 bits per heavy atom. The van der Waals surface area contributed by atoms with Gasteiger partial charge in [0.2, 0.25) is 0 Å². The number of benzene rings is 1. The number of nitrogens with zero attached hydrogens (tertiary/aromatic N) is 1. The van der Waals surface area contributed by atoms with Gasteiger partial charge in [-0.15, -0.1) is 0 Å². The van der Waals surface area contributed by atoms with Crippen molar-refractivity contribution in [3.8, 4) is 0 Å². The molecule has 106 valence electrons. The molecule has 0 aromatic heterocycles. The number of thioether (sulfide) groups is 1. The zero-order valence-corrected chi connectivity index (χ0v) is 12.3. The van der Waals surface area contributed by atoms with Crippen LogP contribution in [0, 0.1) is 5.82 Å². The van der Waals surface area contributed by atoms with Crippen molar-refractivity contribution in [3.05, 3.63) is 35.6 Å². The van der Waals surface area contributed by atoms with E-state index < -0.39 is 0 Å². The molecule has 0 aliphatic carbocycles. The normalized spacial score (nSPS) is 22.4. The van der Waals surface area contributed by atoms with Crippen LogP contribution in [0.15, 0.2) is 24.3 Å². The van der Waals surface area contributed by atoms with Gasteiger partial charge in [0.25, 0.3) is 0 Å². The van der Waals surface area contributed by atoms with Crippen molar-refractivity contribution in [2.45, 2.75) is 31.1 Å². The van der Waals surface area contributed by atoms with Crippen LogP contribution in [0.2, 0.25) is 0 Å². The van der Waals surface area contributed by atoms with Crippen LogP contribution in [0.4, 0.5) is 4.39 Å². The maximum atomic E-state index is 13.2. The molecule has 1 aromatic carbocycles. The molecule has 1 aliphatic heterocycles. The summed E-state index contributed by atoms with van der Waals surface area (Å²) in [6, 6.07) is 6.59. The molecule has 19 heavy (non-hydrogen) atoms. The largest absolute Gasteiger partial charge is 0.324 e. The highest BCUT2D eigenvalue weighted by Gasteiger charge is 2.19. The second-order valence-corrected chi connectivity index (χ2v) is 6.56. The highest BCUT2D eigenvalue weighted by Crippen LogP contribution is 2.22. The van der Waals surface area contributed by atoms with Gasteiger partial charge >= 0.3 is 0 Å². The summed E-state index contributed by atoms with van der Waals surface area (Å²) in [5.41, 5.74) is 7.05. The highest BCUT2D eigenvalue weighted by atomic mass is 32.2. The van der Waals surface area contributed by atoms with Crippen molar-refractivity contribution < 1.29 is 4.39 Å². The van der Waals surface area contributed by atoms with Gasteiger partial charge in [0.05, 0.1) is 0 Å². The van der Waals surface area contributed by atoms with Crippen molar-refractivity contribution in [2.24, 2.45) is 5.73 Å². The summed E-state index contributed by atoms with van der Waals surface area (Å²) < 4.78 is 13.2. The fourth-order valence-electron chi connectivity index (χ4n) is 2.46. The van der Waals surface area contributed by atoms with Gasteiger partial charge in [0.1, 0.15) is 5.82 Å². The van der Waals surface area contributed by atoms with Gasteiger partial charge in [-0.05, 0) is 30.5 Å². The Morgan fingerprint density at radius 1 is 1.53 bits per heavy atom. The fraction of sp³-hybridized carbons (Fsp3) is 0.600. The van der Waals surface area contributed by atoms with E-state index in [0.717, 1.165) is 36.9 Å². The monoisotopic (exact) mass is 282 g/mol. The van der Waals surface area contributed by atoms with E-state index in [1.807, 2.05) is 6.07 Å². The molecule has 2 atom stereocenters. The van der Waals surface area contributed by atoms with Gasteiger partial charge in [-0.2, -0.15) is 11.8 Å². The number of nitrogens with two attached hydrogens (primary N) is 1. The lowest BCUT2D eigenvalue weighted by Crippen LogP contribution is -2.39. The van der Waals surface area contributed by atoms with Crippen molar-refractivity contribution >= 4 is 11.8 Å². The van der Waals surface area contributed by atoms with Gasteiger partial charge < -0.3 is 10.6 Å². The number of rotatable bonds is 5. The number of halogens is 1. The van der Waals surface area contributed by atoms with Gasteiger partial charge in [-0.1, -0.05) is 19.1 Å². The molecule has 2 unspecified atom stereocenters. The van der Waals surface area contributed by atoms with Gasteiger partial charge in [-0.25, -0.2) is 4.39 Å². The molecule has 0 radical (unpaired) electrons. The summed E-state index contributed by atoms with van der Waals surface area (Å²) in [5, 5.41) is 0.763. The van der Waals surface area contributed by atoms with Crippen molar-refractivity contribution in [2.75, 3.05) is 25.4 Å². The first-order valence-electron chi connectivity index (χ1n) is 7.04. The van der Waals surface area contributed by atoms with Crippen LogP contribution >= 0.6 is 11.8 Å². The molecule has 2 nitrogen and oxygen atoms in total. The Hall–Kier alpha value is -0.580. The van der Waals surface area contributed by atoms with Crippen LogP contribution in [-0.2, 0) is 0 Å². The Bertz CT molecular complexity index is 399. The molecule has 0 saturated carbocycles. The van der Waals surface area contributed by atoms with Gasteiger partial charge in [-0.3, -0.25) is 0 Å². The van der Waals surface area contributed by atoms with Crippen molar-refractivity contribution in [3.63, 3.8) is 0 Å². The SMILES string of the molecule is CCC1CN(CCC(N)c2cccc(F)c2)CCS1. The Labute approximate surface area is 119 Å². The average molecular weight is 282 g/mol. The zero-order valence-electron chi connectivity index (χ0n) is 11.5. The maximum absolute atomic E-state index is 13.2. The highest BCUT2D eigenvalue weighted by molar-refractivity contribution is 8.00. The minimum absolute atomic E-state index is 0.0645. The smallest absolute Gasteiger partial charge is 0.123 e. The lowest BCUT2D eigenvalue weighted by molar-refractivity contribution is 0.270. The van der Waals surface area contributed by atoms with Crippen molar-refractivity contribution in [1.29, 1.82) is 0 Å². The first-order valence-corrected chi connectivity index (χ1v) is 8.09. The summed E-state index contributed by atoms with van der Waals surface area (Å²) in [6.07, 6.45) is 2.13. The third kappa shape index (κ3) is 4.48. The summed E-state index contributed by atoms with van der Waals surface area (Å²) in [5.74, 6) is 1.02. The molecule has 1 heterocycles. The van der Waals surface area contributed by atoms with Crippen LogP contribution in [0.5, 0.6) is 0 Å². The minimum atomic E-state index is -0.201. The van der Waals surface area contributed by atoms with Crippen LogP contribution in [0.25, 0.3) is 0 Å². The van der Waals surface area contributed by atoms with Crippen LogP contribution in [0.3, 0.4) is 0 Å². The van der Waals surface area contributed by atoms with Crippen LogP contribution in [-0.4, -0.2) is 35.5 Å². The van der Waals surface area contributed by atoms with E-state index in [4.69, 9.17) is 5.73 Å². The predicted molar refractivity (Wildman–Crippen MR) is 80.9 cm³/mol. The molecule has 0 spiro atoms. The second kappa shape index (κ2) is 7.27. The molecule has 4 heteroatoms. The van der Waals surface area contributed by atoms with E-state index in [1.54, 1.807) is 12.1 Å². The molecule has 1 fully saturated rings. The number of hydrogen-bond acceptors (Lipinski definition) is 3. The van der Waals surface area contributed by atoms with Gasteiger partial charge in [0, 0.05) is 36.7 Å². The van der Waals surface area contributed by atoms with E-state index in [-0.39, 0.29) is 11.9 Å². The van der Waals surface area contributed by atoms with E-state index in [1.165, 1.54) is 18.2 Å². The minimum Gasteiger partial charge on any atom is -0.324 e. The summed E-state index contributed by atoms with van der Waals surface area (Å²) in [6.45, 7) is 5.57. The molecule has 1 saturated heterocycles. The quantitative estimate of drug-likeness (QED) is 0.900. The molecule has 2 rings (SSSR count). The molecular formula is C15H23FN2S. The number of hydrogen-bond donors (Lipinski definition) is 1. The first-order chi connectivity index (χ1) is 9.19. The maximum Gasteiger partial charge on any atom is 0.123 e. The van der Waals surface area contributed by atoms with Gasteiger partial charge in [0.15, 0.2) is 0 Å². The van der Waals surface area contributed by atoms with Crippen molar-refractivity contribution in [1.82, 2.24) is 4.90 Å². The zero-order chi connectivity index (χ0) is 13.7.